The van der Waals surface area contributed by atoms with Gasteiger partial charge < -0.3 is 14.9 Å². The maximum atomic E-state index is 13.7. The van der Waals surface area contributed by atoms with Crippen molar-refractivity contribution < 1.29 is 39.1 Å². The fraction of sp³-hybridized carbons (Fsp3) is 0.921. The van der Waals surface area contributed by atoms with E-state index in [1.807, 2.05) is 0 Å². The number of hydrogen-bond donors (Lipinski definition) is 2. The summed E-state index contributed by atoms with van der Waals surface area (Å²) in [7, 11) is 0. The van der Waals surface area contributed by atoms with Crippen LogP contribution in [0.2, 0.25) is 0 Å². The molecule has 0 amide bonds. The van der Waals surface area contributed by atoms with Crippen molar-refractivity contribution >= 4 is 17.9 Å². The highest BCUT2D eigenvalue weighted by Crippen LogP contribution is 2.47. The fourth-order valence-corrected chi connectivity index (χ4v) is 11.2. The molecular weight excluding hydrogens is 584 g/mol. The third-order valence-electron chi connectivity index (χ3n) is 13.8. The van der Waals surface area contributed by atoms with E-state index >= 15 is 0 Å². The largest absolute Gasteiger partial charge is 0.481 e. The molecule has 6 aliphatic rings. The van der Waals surface area contributed by atoms with E-state index in [2.05, 4.69) is 0 Å². The van der Waals surface area contributed by atoms with Crippen LogP contribution in [0.3, 0.4) is 0 Å². The first-order valence-electron chi connectivity index (χ1n) is 19.3. The summed E-state index contributed by atoms with van der Waals surface area (Å²) in [6, 6.07) is 0. The maximum Gasteiger partial charge on any atom is 0.310 e. The van der Waals surface area contributed by atoms with Gasteiger partial charge in [-0.15, -0.1) is 0 Å². The van der Waals surface area contributed by atoms with Crippen molar-refractivity contribution in [3.8, 4) is 0 Å². The van der Waals surface area contributed by atoms with Crippen LogP contribution in [0.25, 0.3) is 0 Å². The minimum Gasteiger partial charge on any atom is -0.481 e. The van der Waals surface area contributed by atoms with Gasteiger partial charge in [-0.2, -0.15) is 0 Å². The van der Waals surface area contributed by atoms with E-state index in [1.54, 1.807) is 0 Å². The molecule has 260 valence electrons. The summed E-state index contributed by atoms with van der Waals surface area (Å²) in [6.45, 7) is 0.326. The molecule has 10 atom stereocenters. The van der Waals surface area contributed by atoms with Gasteiger partial charge in [0.25, 0.3) is 0 Å². The van der Waals surface area contributed by atoms with Gasteiger partial charge in [-0.25, -0.2) is 9.78 Å². The smallest absolute Gasteiger partial charge is 0.310 e. The van der Waals surface area contributed by atoms with Crippen LogP contribution in [-0.4, -0.2) is 46.9 Å². The van der Waals surface area contributed by atoms with Gasteiger partial charge in [-0.05, 0) is 99.7 Å². The summed E-state index contributed by atoms with van der Waals surface area (Å²) in [4.78, 5) is 50.2. The molecule has 6 saturated carbocycles. The number of fused-ring (bicyclic) bond motifs is 1. The predicted molar refractivity (Wildman–Crippen MR) is 172 cm³/mol. The second-order valence-electron chi connectivity index (χ2n) is 16.3. The van der Waals surface area contributed by atoms with E-state index in [9.17, 15) is 24.6 Å². The van der Waals surface area contributed by atoms with E-state index in [0.29, 0.717) is 43.6 Å². The normalized spacial score (nSPS) is 39.7. The van der Waals surface area contributed by atoms with Crippen LogP contribution in [0.5, 0.6) is 0 Å². The lowest BCUT2D eigenvalue weighted by molar-refractivity contribution is -0.352. The summed E-state index contributed by atoms with van der Waals surface area (Å²) in [5, 5.41) is 20.0. The lowest BCUT2D eigenvalue weighted by Gasteiger charge is -2.45. The van der Waals surface area contributed by atoms with Crippen LogP contribution in [0.1, 0.15) is 141 Å². The van der Waals surface area contributed by atoms with Gasteiger partial charge in [-0.3, -0.25) is 14.4 Å². The number of carbonyl (C=O) groups is 3. The number of esters is 1. The van der Waals surface area contributed by atoms with Crippen molar-refractivity contribution in [2.75, 3.05) is 6.61 Å². The predicted octanol–water partition coefficient (Wildman–Crippen LogP) is 8.21. The molecule has 10 unspecified atom stereocenters. The third-order valence-corrected chi connectivity index (χ3v) is 13.8. The average Bonchev–Trinajstić information content (AvgIpc) is 3.09. The van der Waals surface area contributed by atoms with Gasteiger partial charge in [0.05, 0.1) is 30.5 Å². The Morgan fingerprint density at radius 1 is 0.500 bits per heavy atom. The van der Waals surface area contributed by atoms with Gasteiger partial charge in [-0.1, -0.05) is 77.0 Å². The van der Waals surface area contributed by atoms with Crippen molar-refractivity contribution in [3.05, 3.63) is 0 Å². The molecule has 0 spiro atoms. The van der Waals surface area contributed by atoms with Gasteiger partial charge in [0.15, 0.2) is 0 Å². The van der Waals surface area contributed by atoms with Gasteiger partial charge in [0, 0.05) is 5.92 Å². The summed E-state index contributed by atoms with van der Waals surface area (Å²) in [5.74, 6) is -0.643. The number of aliphatic carboxylic acids is 2. The first kappa shape index (κ1) is 34.2. The molecule has 0 aliphatic heterocycles. The van der Waals surface area contributed by atoms with Crippen molar-refractivity contribution in [2.24, 2.45) is 59.2 Å². The highest BCUT2D eigenvalue weighted by atomic mass is 17.2. The Labute approximate surface area is 276 Å². The van der Waals surface area contributed by atoms with Crippen LogP contribution in [-0.2, 0) is 28.9 Å². The summed E-state index contributed by atoms with van der Waals surface area (Å²) >= 11 is 0. The molecule has 46 heavy (non-hydrogen) atoms. The van der Waals surface area contributed by atoms with Gasteiger partial charge in [0.1, 0.15) is 6.10 Å². The number of carboxylic acids is 2. The Kier molecular flexibility index (Phi) is 12.0. The molecule has 2 N–H and O–H groups in total. The maximum absolute atomic E-state index is 13.7. The monoisotopic (exact) mass is 644 g/mol. The summed E-state index contributed by atoms with van der Waals surface area (Å²) in [5.41, 5.74) is 0. The zero-order valence-electron chi connectivity index (χ0n) is 28.0. The van der Waals surface area contributed by atoms with Crippen molar-refractivity contribution in [2.45, 2.75) is 153 Å². The van der Waals surface area contributed by atoms with Crippen LogP contribution < -0.4 is 0 Å². The highest BCUT2D eigenvalue weighted by molar-refractivity contribution is 5.81. The minimum atomic E-state index is -0.859. The number of rotatable bonds is 10. The Morgan fingerprint density at radius 2 is 1.02 bits per heavy atom. The Morgan fingerprint density at radius 3 is 1.63 bits per heavy atom. The second-order valence-corrected chi connectivity index (χ2v) is 16.3. The van der Waals surface area contributed by atoms with E-state index < -0.39 is 23.8 Å². The van der Waals surface area contributed by atoms with E-state index in [4.69, 9.17) is 14.5 Å². The van der Waals surface area contributed by atoms with Gasteiger partial charge in [0.2, 0.25) is 0 Å². The Hall–Kier alpha value is -1.67. The molecule has 0 radical (unpaired) electrons. The molecule has 0 aromatic carbocycles. The number of ether oxygens (including phenoxy) is 1. The number of carbonyl (C=O) groups excluding carboxylic acids is 1. The summed E-state index contributed by atoms with van der Waals surface area (Å²) < 4.78 is 6.31. The SMILES string of the molecule is O=C(O)C1CCC(C2CCCCC2)CC1COOC1CCC(OC(=O)C2CC(C3CCCCC3)CCC2C(=O)O)C2CCCCC12. The molecule has 0 bridgehead atoms. The molecule has 0 aromatic heterocycles. The molecule has 6 rings (SSSR count). The quantitative estimate of drug-likeness (QED) is 0.139. The number of hydrogen-bond acceptors (Lipinski definition) is 6. The van der Waals surface area contributed by atoms with Crippen LogP contribution in [0, 0.1) is 59.2 Å². The Balaban J connectivity index is 1.04. The molecule has 0 aromatic rings. The summed E-state index contributed by atoms with van der Waals surface area (Å²) in [6.07, 6.45) is 22.8. The second kappa shape index (κ2) is 16.2. The van der Waals surface area contributed by atoms with Crippen LogP contribution >= 0.6 is 0 Å². The van der Waals surface area contributed by atoms with Crippen molar-refractivity contribution in [1.82, 2.24) is 0 Å². The first-order chi connectivity index (χ1) is 22.4. The highest BCUT2D eigenvalue weighted by Gasteiger charge is 2.47. The molecule has 0 heterocycles. The lowest BCUT2D eigenvalue weighted by Crippen LogP contribution is -2.47. The zero-order chi connectivity index (χ0) is 32.0. The first-order valence-corrected chi connectivity index (χ1v) is 19.3. The standard InChI is InChI=1S/C38H60O8/c39-36(40)29-17-15-26(24-9-3-1-4-10-24)21-28(29)23-44-46-35-20-19-34(30-13-7-8-14-31(30)35)45-38(43)33-22-27(16-18-32(33)37(41)42)25-11-5-2-6-12-25/h24-35H,1-23H2,(H,39,40)(H,41,42). The average molecular weight is 645 g/mol. The van der Waals surface area contributed by atoms with Crippen LogP contribution in [0.4, 0.5) is 0 Å². The van der Waals surface area contributed by atoms with Gasteiger partial charge >= 0.3 is 17.9 Å². The molecule has 6 fully saturated rings. The zero-order valence-corrected chi connectivity index (χ0v) is 28.0. The topological polar surface area (TPSA) is 119 Å². The Bertz CT molecular complexity index is 1020. The fourth-order valence-electron chi connectivity index (χ4n) is 11.2. The lowest BCUT2D eigenvalue weighted by atomic mass is 9.66. The third kappa shape index (κ3) is 8.13. The molecule has 8 heteroatoms. The molecule has 6 aliphatic carbocycles. The molecule has 0 saturated heterocycles. The van der Waals surface area contributed by atoms with E-state index in [0.717, 1.165) is 63.7 Å². The van der Waals surface area contributed by atoms with E-state index in [-0.39, 0.29) is 41.8 Å². The minimum absolute atomic E-state index is 0.0206. The molecule has 8 nitrogen and oxygen atoms in total. The van der Waals surface area contributed by atoms with Crippen LogP contribution in [0.15, 0.2) is 0 Å². The van der Waals surface area contributed by atoms with Crippen molar-refractivity contribution in [3.63, 3.8) is 0 Å². The van der Waals surface area contributed by atoms with E-state index in [1.165, 1.54) is 64.2 Å². The molecular formula is C38H60O8. The number of carboxylic acid groups (broad SMARTS) is 2. The van der Waals surface area contributed by atoms with Crippen molar-refractivity contribution in [1.29, 1.82) is 0 Å².